The quantitative estimate of drug-likeness (QED) is 0.395. The lowest BCUT2D eigenvalue weighted by Crippen LogP contribution is -2.29. The Morgan fingerprint density at radius 1 is 1.19 bits per heavy atom. The minimum absolute atomic E-state index is 0.0480. The number of aromatic nitrogens is 2. The fourth-order valence-corrected chi connectivity index (χ4v) is 2.57. The maximum Gasteiger partial charge on any atom is 0.229 e. The van der Waals surface area contributed by atoms with Gasteiger partial charge in [-0.25, -0.2) is 4.98 Å². The number of hydrogen-bond donors (Lipinski definition) is 3. The number of nitrogens with zero attached hydrogens (tertiary/aromatic N) is 3. The van der Waals surface area contributed by atoms with E-state index in [-0.39, 0.29) is 11.8 Å². The van der Waals surface area contributed by atoms with Gasteiger partial charge in [0.1, 0.15) is 5.82 Å². The van der Waals surface area contributed by atoms with Crippen LogP contribution in [0.2, 0.25) is 0 Å². The van der Waals surface area contributed by atoms with Gasteiger partial charge >= 0.3 is 0 Å². The molecule has 0 bridgehead atoms. The summed E-state index contributed by atoms with van der Waals surface area (Å²) in [6.07, 6.45) is 4.99. The summed E-state index contributed by atoms with van der Waals surface area (Å²) in [6.45, 7) is 7.43. The first-order valence-electron chi connectivity index (χ1n) is 10.7. The molecule has 0 aliphatic rings. The molecule has 1 aromatic heterocycles. The lowest BCUT2D eigenvalue weighted by Gasteiger charge is -2.10. The average molecular weight is 419 g/mol. The molecule has 7 heteroatoms. The van der Waals surface area contributed by atoms with E-state index in [0.717, 1.165) is 37.1 Å². The minimum atomic E-state index is 0.0480. The molecule has 31 heavy (non-hydrogen) atoms. The first-order valence-corrected chi connectivity index (χ1v) is 10.7. The summed E-state index contributed by atoms with van der Waals surface area (Å²) in [7, 11) is 0. The lowest BCUT2D eigenvalue weighted by atomic mass is 10.1. The molecule has 162 valence electrons. The van der Waals surface area contributed by atoms with Gasteiger partial charge in [-0.3, -0.25) is 4.79 Å². The Bertz CT molecular complexity index is 953. The molecule has 1 aromatic carbocycles. The average Bonchev–Trinajstić information content (AvgIpc) is 2.80. The zero-order valence-corrected chi connectivity index (χ0v) is 18.5. The van der Waals surface area contributed by atoms with E-state index in [1.165, 1.54) is 0 Å². The molecular weight excluding hydrogens is 388 g/mol. The maximum atomic E-state index is 11.8. The topological polar surface area (TPSA) is 103 Å². The summed E-state index contributed by atoms with van der Waals surface area (Å²) in [5.41, 5.74) is 2.14. The molecule has 0 radical (unpaired) electrons. The van der Waals surface area contributed by atoms with Gasteiger partial charge in [-0.05, 0) is 43.5 Å². The zero-order valence-electron chi connectivity index (χ0n) is 18.5. The van der Waals surface area contributed by atoms with Crippen molar-refractivity contribution in [3.8, 4) is 17.9 Å². The second-order valence-electron chi connectivity index (χ2n) is 7.20. The first-order chi connectivity index (χ1) is 15.1. The lowest BCUT2D eigenvalue weighted by molar-refractivity contribution is -0.124. The number of anilines is 3. The van der Waals surface area contributed by atoms with Crippen LogP contribution in [-0.4, -0.2) is 29.0 Å². The summed E-state index contributed by atoms with van der Waals surface area (Å²) in [5.74, 6) is 7.57. The number of rotatable bonds is 10. The highest BCUT2D eigenvalue weighted by atomic mass is 16.1. The van der Waals surface area contributed by atoms with Gasteiger partial charge in [-0.2, -0.15) is 10.2 Å². The number of benzene rings is 1. The molecule has 7 nitrogen and oxygen atoms in total. The Balaban J connectivity index is 1.98. The summed E-state index contributed by atoms with van der Waals surface area (Å²) in [4.78, 5) is 20.7. The van der Waals surface area contributed by atoms with Crippen molar-refractivity contribution in [2.45, 2.75) is 46.5 Å². The third-order valence-electron chi connectivity index (χ3n) is 4.66. The Morgan fingerprint density at radius 2 is 1.97 bits per heavy atom. The smallest absolute Gasteiger partial charge is 0.229 e. The highest BCUT2D eigenvalue weighted by molar-refractivity contribution is 5.78. The predicted molar refractivity (Wildman–Crippen MR) is 124 cm³/mol. The zero-order chi connectivity index (χ0) is 22.5. The van der Waals surface area contributed by atoms with Gasteiger partial charge in [0, 0.05) is 31.1 Å². The standard InChI is InChI=1S/C24H30N6O/c1-4-14-26-22-20(9-7-6-8-15-27-23(31)18(3)5-2)17-28-24(30-22)29-21-12-10-19(16-25)11-13-21/h10-13,17-18H,4-6,8,14-15H2,1-3H3,(H,27,31)(H2,26,28,29,30)/t18-/m1/s1. The molecule has 2 rings (SSSR count). The van der Waals surface area contributed by atoms with Crippen LogP contribution in [0.25, 0.3) is 0 Å². The van der Waals surface area contributed by atoms with E-state index in [0.29, 0.717) is 30.3 Å². The fraction of sp³-hybridized carbons (Fsp3) is 0.417. The van der Waals surface area contributed by atoms with E-state index in [1.807, 2.05) is 26.0 Å². The number of carbonyl (C=O) groups is 1. The van der Waals surface area contributed by atoms with Crippen LogP contribution < -0.4 is 16.0 Å². The molecule has 1 heterocycles. The Morgan fingerprint density at radius 3 is 2.65 bits per heavy atom. The van der Waals surface area contributed by atoms with Gasteiger partial charge in [-0.1, -0.05) is 32.6 Å². The van der Waals surface area contributed by atoms with E-state index in [4.69, 9.17) is 5.26 Å². The van der Waals surface area contributed by atoms with E-state index in [2.05, 4.69) is 50.8 Å². The van der Waals surface area contributed by atoms with Crippen LogP contribution in [0, 0.1) is 29.1 Å². The molecule has 0 saturated carbocycles. The normalized spacial score (nSPS) is 10.9. The van der Waals surface area contributed by atoms with Crippen LogP contribution in [0.1, 0.15) is 57.6 Å². The van der Waals surface area contributed by atoms with Crippen LogP contribution in [0.15, 0.2) is 30.5 Å². The van der Waals surface area contributed by atoms with Gasteiger partial charge in [0.2, 0.25) is 11.9 Å². The van der Waals surface area contributed by atoms with Crippen molar-refractivity contribution in [1.82, 2.24) is 15.3 Å². The van der Waals surface area contributed by atoms with Gasteiger partial charge in [-0.15, -0.1) is 0 Å². The molecule has 1 atom stereocenters. The largest absolute Gasteiger partial charge is 0.369 e. The van der Waals surface area contributed by atoms with Crippen LogP contribution in [-0.2, 0) is 4.79 Å². The van der Waals surface area contributed by atoms with Crippen LogP contribution in [0.5, 0.6) is 0 Å². The number of amides is 1. The molecule has 0 saturated heterocycles. The summed E-state index contributed by atoms with van der Waals surface area (Å²) < 4.78 is 0. The second-order valence-corrected chi connectivity index (χ2v) is 7.20. The predicted octanol–water partition coefficient (Wildman–Crippen LogP) is 4.21. The van der Waals surface area contributed by atoms with Crippen molar-refractivity contribution in [3.05, 3.63) is 41.6 Å². The third kappa shape index (κ3) is 7.98. The van der Waals surface area contributed by atoms with Crippen molar-refractivity contribution in [3.63, 3.8) is 0 Å². The van der Waals surface area contributed by atoms with Gasteiger partial charge in [0.15, 0.2) is 0 Å². The number of hydrogen-bond acceptors (Lipinski definition) is 6. The summed E-state index contributed by atoms with van der Waals surface area (Å²) in [6, 6.07) is 9.21. The summed E-state index contributed by atoms with van der Waals surface area (Å²) in [5, 5.41) is 18.3. The minimum Gasteiger partial charge on any atom is -0.369 e. The Kier molecular flexibility index (Phi) is 9.84. The molecule has 0 aliphatic heterocycles. The van der Waals surface area contributed by atoms with Crippen molar-refractivity contribution in [1.29, 1.82) is 5.26 Å². The Hall–Kier alpha value is -3.58. The third-order valence-corrected chi connectivity index (χ3v) is 4.66. The molecule has 2 aromatic rings. The molecule has 0 fully saturated rings. The molecule has 0 unspecified atom stereocenters. The highest BCUT2D eigenvalue weighted by Gasteiger charge is 2.08. The van der Waals surface area contributed by atoms with Crippen LogP contribution in [0.3, 0.4) is 0 Å². The molecule has 1 amide bonds. The highest BCUT2D eigenvalue weighted by Crippen LogP contribution is 2.17. The molecule has 3 N–H and O–H groups in total. The van der Waals surface area contributed by atoms with E-state index in [1.54, 1.807) is 18.3 Å². The first kappa shape index (κ1) is 23.7. The number of carbonyl (C=O) groups excluding carboxylic acids is 1. The fourth-order valence-electron chi connectivity index (χ4n) is 2.57. The summed E-state index contributed by atoms with van der Waals surface area (Å²) >= 11 is 0. The molecular formula is C24H30N6O. The second kappa shape index (κ2) is 12.9. The van der Waals surface area contributed by atoms with E-state index < -0.39 is 0 Å². The number of unbranched alkanes of at least 4 members (excludes halogenated alkanes) is 1. The van der Waals surface area contributed by atoms with Crippen molar-refractivity contribution < 1.29 is 4.79 Å². The Labute approximate surface area is 184 Å². The van der Waals surface area contributed by atoms with Gasteiger partial charge < -0.3 is 16.0 Å². The molecule has 0 aliphatic carbocycles. The SMILES string of the molecule is CCCNc1nc(Nc2ccc(C#N)cc2)ncc1C#CCCCNC(=O)[C@H](C)CC. The van der Waals surface area contributed by atoms with Crippen molar-refractivity contribution >= 4 is 23.4 Å². The van der Waals surface area contributed by atoms with Crippen molar-refractivity contribution in [2.24, 2.45) is 5.92 Å². The van der Waals surface area contributed by atoms with Crippen LogP contribution >= 0.6 is 0 Å². The van der Waals surface area contributed by atoms with E-state index >= 15 is 0 Å². The van der Waals surface area contributed by atoms with Crippen molar-refractivity contribution in [2.75, 3.05) is 23.7 Å². The number of nitriles is 1. The van der Waals surface area contributed by atoms with Gasteiger partial charge in [0.25, 0.3) is 0 Å². The van der Waals surface area contributed by atoms with Gasteiger partial charge in [0.05, 0.1) is 23.4 Å². The number of nitrogens with one attached hydrogen (secondary N) is 3. The monoisotopic (exact) mass is 418 g/mol. The van der Waals surface area contributed by atoms with E-state index in [9.17, 15) is 4.79 Å². The van der Waals surface area contributed by atoms with Crippen LogP contribution in [0.4, 0.5) is 17.5 Å². The molecule has 0 spiro atoms. The maximum absolute atomic E-state index is 11.8.